The van der Waals surface area contributed by atoms with E-state index in [1.165, 1.54) is 5.56 Å². The fraction of sp³-hybridized carbons (Fsp3) is 0.600. The quantitative estimate of drug-likeness (QED) is 0.592. The van der Waals surface area contributed by atoms with Crippen LogP contribution in [-0.2, 0) is 0 Å². The molecule has 0 aliphatic heterocycles. The van der Waals surface area contributed by atoms with E-state index in [4.69, 9.17) is 0 Å². The van der Waals surface area contributed by atoms with E-state index in [0.29, 0.717) is 0 Å². The monoisotopic (exact) mass is 166 g/mol. The van der Waals surface area contributed by atoms with Crippen molar-refractivity contribution in [3.8, 4) is 0 Å². The summed E-state index contributed by atoms with van der Waals surface area (Å²) in [5.74, 6) is 0.862. The van der Waals surface area contributed by atoms with Crippen LogP contribution in [-0.4, -0.2) is 9.97 Å². The van der Waals surface area contributed by atoms with Gasteiger partial charge in [0.15, 0.2) is 0 Å². The molecule has 0 radical (unpaired) electrons. The van der Waals surface area contributed by atoms with Crippen molar-refractivity contribution in [3.63, 3.8) is 0 Å². The molecule has 1 rings (SSSR count). The van der Waals surface area contributed by atoms with Crippen LogP contribution in [0.4, 0.5) is 0 Å². The summed E-state index contributed by atoms with van der Waals surface area (Å²) >= 11 is 0. The number of aromatic nitrogens is 2. The topological polar surface area (TPSA) is 25.8 Å². The lowest BCUT2D eigenvalue weighted by Gasteiger charge is -2.02. The molecule has 2 nitrogen and oxygen atoms in total. The summed E-state index contributed by atoms with van der Waals surface area (Å²) in [6.45, 7) is 12.0. The van der Waals surface area contributed by atoms with E-state index in [2.05, 4.69) is 9.97 Å². The van der Waals surface area contributed by atoms with E-state index < -0.39 is 0 Å². The molecular weight excluding hydrogens is 148 g/mol. The summed E-state index contributed by atoms with van der Waals surface area (Å²) in [5.41, 5.74) is 3.38. The average molecular weight is 166 g/mol. The second-order valence-electron chi connectivity index (χ2n) is 2.57. The minimum absolute atomic E-state index is 0.862. The van der Waals surface area contributed by atoms with Gasteiger partial charge in [0.05, 0.1) is 0 Å². The Bertz CT molecular complexity index is 231. The lowest BCUT2D eigenvalue weighted by atomic mass is 10.2. The first-order valence-electron chi connectivity index (χ1n) is 4.39. The van der Waals surface area contributed by atoms with Crippen molar-refractivity contribution >= 4 is 0 Å². The third-order valence-electron chi connectivity index (χ3n) is 1.74. The first kappa shape index (κ1) is 11.1. The highest BCUT2D eigenvalue weighted by Gasteiger charge is 1.99. The van der Waals surface area contributed by atoms with Gasteiger partial charge in [-0.15, -0.1) is 0 Å². The van der Waals surface area contributed by atoms with E-state index >= 15 is 0 Å². The van der Waals surface area contributed by atoms with Crippen LogP contribution < -0.4 is 0 Å². The smallest absolute Gasteiger partial charge is 0.125 e. The van der Waals surface area contributed by atoms with Gasteiger partial charge in [-0.25, -0.2) is 9.97 Å². The largest absolute Gasteiger partial charge is 0.238 e. The standard InChI is InChI=1S/C8H12N2.C2H6/c1-5-6(2)9-8(4)10-7(5)3;1-2/h1-4H3;1-2H3. The summed E-state index contributed by atoms with van der Waals surface area (Å²) in [4.78, 5) is 8.45. The third kappa shape index (κ3) is 2.61. The maximum absolute atomic E-state index is 4.22. The molecule has 0 saturated carbocycles. The van der Waals surface area contributed by atoms with Crippen molar-refractivity contribution < 1.29 is 0 Å². The molecule has 0 aliphatic carbocycles. The lowest BCUT2D eigenvalue weighted by Crippen LogP contribution is -1.97. The second kappa shape index (κ2) is 4.86. The van der Waals surface area contributed by atoms with Gasteiger partial charge < -0.3 is 0 Å². The Morgan fingerprint density at radius 1 is 0.750 bits per heavy atom. The number of rotatable bonds is 0. The molecule has 0 spiro atoms. The van der Waals surface area contributed by atoms with E-state index in [1.54, 1.807) is 0 Å². The summed E-state index contributed by atoms with van der Waals surface area (Å²) in [5, 5.41) is 0. The third-order valence-corrected chi connectivity index (χ3v) is 1.74. The molecule has 1 aromatic rings. The minimum Gasteiger partial charge on any atom is -0.238 e. The van der Waals surface area contributed by atoms with Crippen LogP contribution in [0.1, 0.15) is 36.6 Å². The van der Waals surface area contributed by atoms with Crippen molar-refractivity contribution in [1.29, 1.82) is 0 Å². The molecule has 12 heavy (non-hydrogen) atoms. The van der Waals surface area contributed by atoms with Gasteiger partial charge >= 0.3 is 0 Å². The van der Waals surface area contributed by atoms with Crippen molar-refractivity contribution in [2.75, 3.05) is 0 Å². The van der Waals surface area contributed by atoms with Crippen molar-refractivity contribution in [3.05, 3.63) is 22.8 Å². The molecule has 1 heterocycles. The first-order valence-corrected chi connectivity index (χ1v) is 4.39. The molecule has 0 atom stereocenters. The zero-order chi connectivity index (χ0) is 9.72. The van der Waals surface area contributed by atoms with Gasteiger partial charge in [0.1, 0.15) is 5.82 Å². The maximum atomic E-state index is 4.22. The van der Waals surface area contributed by atoms with E-state index in [0.717, 1.165) is 17.2 Å². The second-order valence-corrected chi connectivity index (χ2v) is 2.57. The van der Waals surface area contributed by atoms with Crippen molar-refractivity contribution in [2.45, 2.75) is 41.5 Å². The Kier molecular flexibility index (Phi) is 4.49. The van der Waals surface area contributed by atoms with Crippen molar-refractivity contribution in [1.82, 2.24) is 9.97 Å². The van der Waals surface area contributed by atoms with Gasteiger partial charge in [0.25, 0.3) is 0 Å². The molecule has 0 aromatic carbocycles. The van der Waals surface area contributed by atoms with Crippen LogP contribution in [0.25, 0.3) is 0 Å². The summed E-state index contributed by atoms with van der Waals surface area (Å²) in [7, 11) is 0. The van der Waals surface area contributed by atoms with Crippen LogP contribution in [0.3, 0.4) is 0 Å². The molecule has 0 unspecified atom stereocenters. The Hall–Kier alpha value is -0.920. The van der Waals surface area contributed by atoms with Gasteiger partial charge in [-0.3, -0.25) is 0 Å². The highest BCUT2D eigenvalue weighted by Crippen LogP contribution is 2.06. The van der Waals surface area contributed by atoms with E-state index in [1.807, 2.05) is 41.5 Å². The summed E-state index contributed by atoms with van der Waals surface area (Å²) in [6.07, 6.45) is 0. The molecule has 0 aliphatic rings. The summed E-state index contributed by atoms with van der Waals surface area (Å²) in [6, 6.07) is 0. The fourth-order valence-electron chi connectivity index (χ4n) is 0.940. The van der Waals surface area contributed by atoms with E-state index in [9.17, 15) is 0 Å². The summed E-state index contributed by atoms with van der Waals surface area (Å²) < 4.78 is 0. The highest BCUT2D eigenvalue weighted by atomic mass is 14.9. The van der Waals surface area contributed by atoms with E-state index in [-0.39, 0.29) is 0 Å². The predicted molar refractivity (Wildman–Crippen MR) is 52.3 cm³/mol. The van der Waals surface area contributed by atoms with Gasteiger partial charge in [0, 0.05) is 11.4 Å². The van der Waals surface area contributed by atoms with Gasteiger partial charge in [-0.05, 0) is 33.3 Å². The van der Waals surface area contributed by atoms with Crippen LogP contribution in [0.15, 0.2) is 0 Å². The molecule has 68 valence electrons. The SMILES string of the molecule is CC.Cc1nc(C)c(C)c(C)n1. The number of nitrogens with zero attached hydrogens (tertiary/aromatic N) is 2. The van der Waals surface area contributed by atoms with Crippen LogP contribution in [0.2, 0.25) is 0 Å². The van der Waals surface area contributed by atoms with Gasteiger partial charge in [0.2, 0.25) is 0 Å². The number of aryl methyl sites for hydroxylation is 3. The predicted octanol–water partition coefficient (Wildman–Crippen LogP) is 2.74. The molecule has 0 N–H and O–H groups in total. The van der Waals surface area contributed by atoms with Crippen molar-refractivity contribution in [2.24, 2.45) is 0 Å². The van der Waals surface area contributed by atoms with Crippen LogP contribution in [0.5, 0.6) is 0 Å². The Labute approximate surface area is 75.1 Å². The zero-order valence-electron chi connectivity index (χ0n) is 8.89. The molecule has 0 saturated heterocycles. The molecule has 2 heteroatoms. The number of hydrogen-bond acceptors (Lipinski definition) is 2. The van der Waals surface area contributed by atoms with Gasteiger partial charge in [-0.1, -0.05) is 13.8 Å². The Morgan fingerprint density at radius 2 is 1.08 bits per heavy atom. The maximum Gasteiger partial charge on any atom is 0.125 e. The van der Waals surface area contributed by atoms with Crippen LogP contribution in [0, 0.1) is 27.7 Å². The molecular formula is C10H18N2. The highest BCUT2D eigenvalue weighted by molar-refractivity contribution is 5.21. The fourth-order valence-corrected chi connectivity index (χ4v) is 0.940. The Balaban J connectivity index is 0.000000561. The van der Waals surface area contributed by atoms with Gasteiger partial charge in [-0.2, -0.15) is 0 Å². The Morgan fingerprint density at radius 3 is 1.42 bits per heavy atom. The molecule has 1 aromatic heterocycles. The molecule has 0 bridgehead atoms. The average Bonchev–Trinajstić information content (AvgIpc) is 2.04. The lowest BCUT2D eigenvalue weighted by molar-refractivity contribution is 0.948. The minimum atomic E-state index is 0.862. The molecule has 0 fully saturated rings. The number of hydrogen-bond donors (Lipinski definition) is 0. The zero-order valence-corrected chi connectivity index (χ0v) is 8.89. The molecule has 0 amide bonds. The first-order chi connectivity index (χ1) is 5.61. The van der Waals surface area contributed by atoms with Crippen LogP contribution >= 0.6 is 0 Å². The normalized spacial score (nSPS) is 8.83.